The number of hydrogen-bond acceptors (Lipinski definition) is 4. The fourth-order valence-corrected chi connectivity index (χ4v) is 4.89. The molecule has 5 nitrogen and oxygen atoms in total. The molecule has 6 aromatic rings. The molecule has 34 heavy (non-hydrogen) atoms. The van der Waals surface area contributed by atoms with Crippen molar-refractivity contribution in [2.45, 2.75) is 13.0 Å². The smallest absolute Gasteiger partial charge is 0.120 e. The van der Waals surface area contributed by atoms with E-state index in [1.807, 2.05) is 48.8 Å². The fourth-order valence-electron chi connectivity index (χ4n) is 4.89. The highest BCUT2D eigenvalue weighted by Gasteiger charge is 2.24. The molecule has 0 spiro atoms. The predicted octanol–water partition coefficient (Wildman–Crippen LogP) is 6.52. The zero-order valence-electron chi connectivity index (χ0n) is 18.3. The van der Waals surface area contributed by atoms with Crippen LogP contribution in [0.1, 0.15) is 16.7 Å². The summed E-state index contributed by atoms with van der Waals surface area (Å²) in [7, 11) is 0. The molecule has 0 aliphatic carbocycles. The second-order valence-corrected chi connectivity index (χ2v) is 8.55. The summed E-state index contributed by atoms with van der Waals surface area (Å²) in [6.07, 6.45) is 6.46. The lowest BCUT2D eigenvalue weighted by atomic mass is 9.98. The van der Waals surface area contributed by atoms with Crippen LogP contribution in [-0.4, -0.2) is 20.7 Å². The quantitative estimate of drug-likeness (QED) is 0.317. The predicted molar refractivity (Wildman–Crippen MR) is 136 cm³/mol. The molecule has 0 saturated carbocycles. The SMILES string of the molecule is c1ccc(COc2ccc3[nH]cc(C4=Nc5c(c6cccnc6c6ncccc56)C4)c3c2)cc1. The first-order chi connectivity index (χ1) is 16.8. The van der Waals surface area contributed by atoms with Crippen molar-refractivity contribution >= 4 is 44.1 Å². The molecule has 0 fully saturated rings. The number of benzene rings is 3. The van der Waals surface area contributed by atoms with Gasteiger partial charge in [-0.3, -0.25) is 15.0 Å². The summed E-state index contributed by atoms with van der Waals surface area (Å²) in [5.74, 6) is 0.845. The van der Waals surface area contributed by atoms with Crippen molar-refractivity contribution in [3.05, 3.63) is 108 Å². The maximum atomic E-state index is 6.09. The first-order valence-electron chi connectivity index (χ1n) is 11.4. The minimum absolute atomic E-state index is 0.538. The first-order valence-corrected chi connectivity index (χ1v) is 11.4. The van der Waals surface area contributed by atoms with Crippen LogP contribution in [-0.2, 0) is 13.0 Å². The highest BCUT2D eigenvalue weighted by molar-refractivity contribution is 6.21. The van der Waals surface area contributed by atoms with Crippen LogP contribution in [0.25, 0.3) is 32.7 Å². The van der Waals surface area contributed by atoms with Gasteiger partial charge in [-0.05, 0) is 47.5 Å². The molecule has 0 radical (unpaired) electrons. The van der Waals surface area contributed by atoms with Crippen LogP contribution in [0.2, 0.25) is 0 Å². The van der Waals surface area contributed by atoms with Gasteiger partial charge in [0.2, 0.25) is 0 Å². The highest BCUT2D eigenvalue weighted by atomic mass is 16.5. The fraction of sp³-hybridized carbons (Fsp3) is 0.0690. The first kappa shape index (κ1) is 19.0. The van der Waals surface area contributed by atoms with Crippen LogP contribution in [0.5, 0.6) is 5.75 Å². The van der Waals surface area contributed by atoms with Crippen LogP contribution in [0.4, 0.5) is 5.69 Å². The van der Waals surface area contributed by atoms with Crippen LogP contribution in [0.15, 0.2) is 96.4 Å². The standard InChI is InChI=1S/C29H20N4O/c1-2-6-18(7-3-1)17-34-19-10-11-25-22(14-19)24(16-32-25)26-15-23-20-8-4-12-30-28(20)29-21(27(23)33-26)9-5-13-31-29/h1-14,16,32H,15,17H2. The largest absolute Gasteiger partial charge is 0.489 e. The molecule has 0 bridgehead atoms. The molecular formula is C29H20N4O. The van der Waals surface area contributed by atoms with Gasteiger partial charge >= 0.3 is 0 Å². The Bertz CT molecular complexity index is 1730. The summed E-state index contributed by atoms with van der Waals surface area (Å²) in [6.45, 7) is 0.538. The van der Waals surface area contributed by atoms with E-state index < -0.39 is 0 Å². The minimum Gasteiger partial charge on any atom is -0.489 e. The molecule has 1 N–H and O–H groups in total. The van der Waals surface area contributed by atoms with E-state index >= 15 is 0 Å². The summed E-state index contributed by atoms with van der Waals surface area (Å²) in [5, 5.41) is 3.28. The van der Waals surface area contributed by atoms with Gasteiger partial charge in [-0.15, -0.1) is 0 Å². The number of rotatable bonds is 4. The van der Waals surface area contributed by atoms with Gasteiger partial charge in [0.1, 0.15) is 12.4 Å². The van der Waals surface area contributed by atoms with Gasteiger partial charge in [0.15, 0.2) is 0 Å². The normalized spacial score (nSPS) is 12.9. The van der Waals surface area contributed by atoms with Crippen molar-refractivity contribution in [3.63, 3.8) is 0 Å². The molecule has 1 aliphatic rings. The number of aliphatic imine (C=N–C) groups is 1. The molecular weight excluding hydrogens is 420 g/mol. The third kappa shape index (κ3) is 2.98. The number of hydrogen-bond donors (Lipinski definition) is 1. The van der Waals surface area contributed by atoms with Crippen LogP contribution in [0.3, 0.4) is 0 Å². The summed E-state index contributed by atoms with van der Waals surface area (Å²) in [5.41, 5.74) is 8.41. The van der Waals surface area contributed by atoms with Gasteiger partial charge < -0.3 is 9.72 Å². The topological polar surface area (TPSA) is 63.2 Å². The van der Waals surface area contributed by atoms with Crippen molar-refractivity contribution in [3.8, 4) is 5.75 Å². The number of pyridine rings is 2. The second kappa shape index (κ2) is 7.52. The summed E-state index contributed by atoms with van der Waals surface area (Å²) in [6, 6.07) is 24.6. The number of nitrogens with one attached hydrogen (secondary N) is 1. The monoisotopic (exact) mass is 440 g/mol. The minimum atomic E-state index is 0.538. The van der Waals surface area contributed by atoms with E-state index in [1.54, 1.807) is 0 Å². The van der Waals surface area contributed by atoms with E-state index in [-0.39, 0.29) is 0 Å². The molecule has 0 amide bonds. The average Bonchev–Trinajstić information content (AvgIpc) is 3.53. The molecule has 5 heteroatoms. The summed E-state index contributed by atoms with van der Waals surface area (Å²) < 4.78 is 6.09. The Balaban J connectivity index is 1.31. The van der Waals surface area contributed by atoms with Crippen molar-refractivity contribution in [2.24, 2.45) is 4.99 Å². The Morgan fingerprint density at radius 3 is 2.44 bits per heavy atom. The van der Waals surface area contributed by atoms with Crippen molar-refractivity contribution in [1.82, 2.24) is 15.0 Å². The van der Waals surface area contributed by atoms with Crippen LogP contribution >= 0.6 is 0 Å². The number of H-pyrrole nitrogens is 1. The lowest BCUT2D eigenvalue weighted by molar-refractivity contribution is 0.306. The van der Waals surface area contributed by atoms with Gasteiger partial charge in [0.25, 0.3) is 0 Å². The number of fused-ring (bicyclic) bond motifs is 7. The van der Waals surface area contributed by atoms with E-state index in [0.29, 0.717) is 6.61 Å². The maximum absolute atomic E-state index is 6.09. The third-order valence-corrected chi connectivity index (χ3v) is 6.51. The van der Waals surface area contributed by atoms with E-state index in [9.17, 15) is 0 Å². The van der Waals surface area contributed by atoms with E-state index in [1.165, 1.54) is 5.56 Å². The van der Waals surface area contributed by atoms with Gasteiger partial charge in [0.05, 0.1) is 22.4 Å². The van der Waals surface area contributed by atoms with Gasteiger partial charge in [0, 0.05) is 52.3 Å². The molecule has 4 heterocycles. The van der Waals surface area contributed by atoms with Gasteiger partial charge in [-0.2, -0.15) is 0 Å². The zero-order valence-corrected chi connectivity index (χ0v) is 18.3. The number of aromatic amines is 1. The summed E-state index contributed by atoms with van der Waals surface area (Å²) in [4.78, 5) is 17.8. The van der Waals surface area contributed by atoms with E-state index in [4.69, 9.17) is 9.73 Å². The average molecular weight is 441 g/mol. The number of nitrogens with zero attached hydrogens (tertiary/aromatic N) is 3. The van der Waals surface area contributed by atoms with Gasteiger partial charge in [-0.25, -0.2) is 0 Å². The summed E-state index contributed by atoms with van der Waals surface area (Å²) >= 11 is 0. The Labute approximate surface area is 195 Å². The Kier molecular flexibility index (Phi) is 4.21. The molecule has 0 atom stereocenters. The third-order valence-electron chi connectivity index (χ3n) is 6.51. The number of aromatic nitrogens is 3. The highest BCUT2D eigenvalue weighted by Crippen LogP contribution is 2.41. The molecule has 3 aromatic carbocycles. The Morgan fingerprint density at radius 2 is 1.59 bits per heavy atom. The van der Waals surface area contributed by atoms with Crippen molar-refractivity contribution in [2.75, 3.05) is 0 Å². The van der Waals surface area contributed by atoms with Crippen molar-refractivity contribution in [1.29, 1.82) is 0 Å². The van der Waals surface area contributed by atoms with E-state index in [0.717, 1.165) is 67.4 Å². The lowest BCUT2D eigenvalue weighted by Gasteiger charge is -2.08. The molecule has 3 aromatic heterocycles. The molecule has 7 rings (SSSR count). The Hall–Kier alpha value is -4.51. The van der Waals surface area contributed by atoms with Crippen LogP contribution < -0.4 is 4.74 Å². The number of ether oxygens (including phenoxy) is 1. The molecule has 0 unspecified atom stereocenters. The Morgan fingerprint density at radius 1 is 0.794 bits per heavy atom. The maximum Gasteiger partial charge on any atom is 0.120 e. The van der Waals surface area contributed by atoms with E-state index in [2.05, 4.69) is 57.5 Å². The zero-order chi connectivity index (χ0) is 22.5. The second-order valence-electron chi connectivity index (χ2n) is 8.55. The van der Waals surface area contributed by atoms with Gasteiger partial charge in [-0.1, -0.05) is 36.4 Å². The molecule has 162 valence electrons. The van der Waals surface area contributed by atoms with Crippen molar-refractivity contribution < 1.29 is 4.74 Å². The molecule has 0 saturated heterocycles. The van der Waals surface area contributed by atoms with Crippen LogP contribution in [0, 0.1) is 0 Å². The lowest BCUT2D eigenvalue weighted by Crippen LogP contribution is -2.00. The molecule has 1 aliphatic heterocycles.